The van der Waals surface area contributed by atoms with E-state index in [9.17, 15) is 17.6 Å². The molecule has 0 aliphatic heterocycles. The van der Waals surface area contributed by atoms with E-state index in [0.29, 0.717) is 30.8 Å². The summed E-state index contributed by atoms with van der Waals surface area (Å²) in [6.07, 6.45) is 2.40. The molecular weight excluding hydrogens is 383 g/mol. The van der Waals surface area contributed by atoms with E-state index < -0.39 is 22.0 Å². The van der Waals surface area contributed by atoms with Crippen molar-refractivity contribution < 1.29 is 22.3 Å². The molecule has 0 aliphatic carbocycles. The summed E-state index contributed by atoms with van der Waals surface area (Å²) in [6, 6.07) is 11.8. The van der Waals surface area contributed by atoms with Gasteiger partial charge in [-0.05, 0) is 49.6 Å². The number of halogens is 1. The van der Waals surface area contributed by atoms with E-state index >= 15 is 0 Å². The van der Waals surface area contributed by atoms with Gasteiger partial charge in [0.05, 0.1) is 19.1 Å². The summed E-state index contributed by atoms with van der Waals surface area (Å²) in [5.74, 6) is -0.185. The van der Waals surface area contributed by atoms with Crippen LogP contribution in [0.5, 0.6) is 5.75 Å². The molecule has 2 aromatic carbocycles. The van der Waals surface area contributed by atoms with Gasteiger partial charge in [0, 0.05) is 12.6 Å². The van der Waals surface area contributed by atoms with Gasteiger partial charge in [0.2, 0.25) is 15.9 Å². The minimum Gasteiger partial charge on any atom is -0.497 e. The number of ether oxygens (including phenoxy) is 1. The highest BCUT2D eigenvalue weighted by Gasteiger charge is 2.29. The van der Waals surface area contributed by atoms with E-state index in [4.69, 9.17) is 4.74 Å². The van der Waals surface area contributed by atoms with Crippen LogP contribution in [0.4, 0.5) is 10.1 Å². The number of benzene rings is 2. The molecule has 0 saturated heterocycles. The molecule has 0 radical (unpaired) electrons. The van der Waals surface area contributed by atoms with Gasteiger partial charge in [0.1, 0.15) is 17.6 Å². The summed E-state index contributed by atoms with van der Waals surface area (Å²) in [6.45, 7) is 1.92. The zero-order valence-electron chi connectivity index (χ0n) is 16.2. The van der Waals surface area contributed by atoms with Gasteiger partial charge in [-0.25, -0.2) is 12.8 Å². The molecule has 0 aromatic heterocycles. The number of rotatable bonds is 9. The average Bonchev–Trinajstić information content (AvgIpc) is 2.65. The Balaban J connectivity index is 2.00. The monoisotopic (exact) mass is 408 g/mol. The number of anilines is 1. The van der Waals surface area contributed by atoms with Crippen LogP contribution < -0.4 is 14.4 Å². The normalized spacial score (nSPS) is 12.3. The minimum absolute atomic E-state index is 0.288. The van der Waals surface area contributed by atoms with Gasteiger partial charge < -0.3 is 10.1 Å². The van der Waals surface area contributed by atoms with Gasteiger partial charge in [-0.2, -0.15) is 0 Å². The molecule has 0 heterocycles. The zero-order chi connectivity index (χ0) is 20.7. The summed E-state index contributed by atoms with van der Waals surface area (Å²) >= 11 is 0. The molecule has 2 aromatic rings. The number of amides is 1. The number of hydrogen-bond donors (Lipinski definition) is 1. The van der Waals surface area contributed by atoms with Crippen molar-refractivity contribution in [2.45, 2.75) is 25.8 Å². The first kappa shape index (κ1) is 21.7. The number of carbonyl (C=O) groups is 1. The molecule has 2 rings (SSSR count). The lowest BCUT2D eigenvalue weighted by molar-refractivity contribution is -0.121. The standard InChI is InChI=1S/C20H25FN2O4S/c1-15(20(24)22-13-5-6-16-9-11-17(21)12-10-16)23(28(3,25)26)18-7-4-8-19(14-18)27-2/h4,7-12,14-15H,5-6,13H2,1-3H3,(H,22,24)/t15-/m1/s1. The number of aryl methyl sites for hydroxylation is 1. The van der Waals surface area contributed by atoms with Crippen molar-refractivity contribution >= 4 is 21.6 Å². The minimum atomic E-state index is -3.68. The highest BCUT2D eigenvalue weighted by molar-refractivity contribution is 7.92. The molecular formula is C20H25FN2O4S. The molecule has 0 bridgehead atoms. The Morgan fingerprint density at radius 1 is 1.21 bits per heavy atom. The predicted octanol–water partition coefficient (Wildman–Crippen LogP) is 2.74. The smallest absolute Gasteiger partial charge is 0.243 e. The van der Waals surface area contributed by atoms with E-state index in [0.717, 1.165) is 16.1 Å². The Bertz CT molecular complexity index is 901. The molecule has 6 nitrogen and oxygen atoms in total. The lowest BCUT2D eigenvalue weighted by atomic mass is 10.1. The molecule has 0 aliphatic rings. The first-order valence-corrected chi connectivity index (χ1v) is 10.7. The van der Waals surface area contributed by atoms with Gasteiger partial charge >= 0.3 is 0 Å². The van der Waals surface area contributed by atoms with Crippen molar-refractivity contribution in [2.75, 3.05) is 24.2 Å². The molecule has 8 heteroatoms. The van der Waals surface area contributed by atoms with E-state index in [1.807, 2.05) is 0 Å². The van der Waals surface area contributed by atoms with E-state index in [1.165, 1.54) is 26.2 Å². The maximum atomic E-state index is 12.9. The van der Waals surface area contributed by atoms with E-state index in [2.05, 4.69) is 5.32 Å². The van der Waals surface area contributed by atoms with Crippen molar-refractivity contribution in [1.82, 2.24) is 5.32 Å². The van der Waals surface area contributed by atoms with Gasteiger partial charge in [-0.15, -0.1) is 0 Å². The molecule has 0 unspecified atom stereocenters. The van der Waals surface area contributed by atoms with Crippen LogP contribution in [0.1, 0.15) is 18.9 Å². The van der Waals surface area contributed by atoms with Gasteiger partial charge in [-0.3, -0.25) is 9.10 Å². The number of nitrogens with one attached hydrogen (secondary N) is 1. The van der Waals surface area contributed by atoms with Crippen LogP contribution in [0.25, 0.3) is 0 Å². The highest BCUT2D eigenvalue weighted by Crippen LogP contribution is 2.25. The second-order valence-electron chi connectivity index (χ2n) is 6.46. The van der Waals surface area contributed by atoms with Crippen molar-refractivity contribution in [3.8, 4) is 5.75 Å². The Morgan fingerprint density at radius 2 is 1.89 bits per heavy atom. The number of hydrogen-bond acceptors (Lipinski definition) is 4. The van der Waals surface area contributed by atoms with Crippen molar-refractivity contribution in [3.05, 3.63) is 59.9 Å². The third kappa shape index (κ3) is 5.95. The fraction of sp³-hybridized carbons (Fsp3) is 0.350. The second-order valence-corrected chi connectivity index (χ2v) is 8.32. The molecule has 0 fully saturated rings. The maximum absolute atomic E-state index is 12.9. The van der Waals surface area contributed by atoms with Crippen LogP contribution in [0, 0.1) is 5.82 Å². The fourth-order valence-electron chi connectivity index (χ4n) is 2.86. The molecule has 0 spiro atoms. The molecule has 1 amide bonds. The zero-order valence-corrected chi connectivity index (χ0v) is 17.0. The van der Waals surface area contributed by atoms with Crippen LogP contribution in [0.15, 0.2) is 48.5 Å². The largest absolute Gasteiger partial charge is 0.497 e. The van der Waals surface area contributed by atoms with Crippen molar-refractivity contribution in [1.29, 1.82) is 0 Å². The summed E-state index contributed by atoms with van der Waals surface area (Å²) in [4.78, 5) is 12.5. The third-order valence-corrected chi connectivity index (χ3v) is 5.49. The van der Waals surface area contributed by atoms with Crippen LogP contribution in [-0.4, -0.2) is 40.3 Å². The summed E-state index contributed by atoms with van der Waals surface area (Å²) in [5.41, 5.74) is 1.33. The Kier molecular flexibility index (Phi) is 7.39. The Labute approximate surface area is 165 Å². The number of sulfonamides is 1. The van der Waals surface area contributed by atoms with E-state index in [1.54, 1.807) is 36.4 Å². The van der Waals surface area contributed by atoms with Crippen LogP contribution in [0.2, 0.25) is 0 Å². The molecule has 1 atom stereocenters. The average molecular weight is 408 g/mol. The quantitative estimate of drug-likeness (QED) is 0.648. The second kappa shape index (κ2) is 9.54. The number of carbonyl (C=O) groups excluding carboxylic acids is 1. The lowest BCUT2D eigenvalue weighted by Crippen LogP contribution is -2.48. The third-order valence-electron chi connectivity index (χ3n) is 4.25. The fourth-order valence-corrected chi connectivity index (χ4v) is 4.03. The van der Waals surface area contributed by atoms with Crippen LogP contribution >= 0.6 is 0 Å². The predicted molar refractivity (Wildman–Crippen MR) is 108 cm³/mol. The molecule has 1 N–H and O–H groups in total. The number of methoxy groups -OCH3 is 1. The summed E-state index contributed by atoms with van der Waals surface area (Å²) in [7, 11) is -2.20. The SMILES string of the molecule is COc1cccc(N([C@H](C)C(=O)NCCCc2ccc(F)cc2)S(C)(=O)=O)c1. The summed E-state index contributed by atoms with van der Waals surface area (Å²) in [5, 5.41) is 2.76. The number of nitrogens with zero attached hydrogens (tertiary/aromatic N) is 1. The lowest BCUT2D eigenvalue weighted by Gasteiger charge is -2.28. The Hall–Kier alpha value is -2.61. The first-order chi connectivity index (χ1) is 13.2. The van der Waals surface area contributed by atoms with Gasteiger partial charge in [0.15, 0.2) is 0 Å². The van der Waals surface area contributed by atoms with Crippen LogP contribution in [0.3, 0.4) is 0 Å². The highest BCUT2D eigenvalue weighted by atomic mass is 32.2. The van der Waals surface area contributed by atoms with Gasteiger partial charge in [0.25, 0.3) is 0 Å². The first-order valence-electron chi connectivity index (χ1n) is 8.88. The van der Waals surface area contributed by atoms with Crippen molar-refractivity contribution in [3.63, 3.8) is 0 Å². The molecule has 152 valence electrons. The van der Waals surface area contributed by atoms with E-state index in [-0.39, 0.29) is 5.82 Å². The van der Waals surface area contributed by atoms with Gasteiger partial charge in [-0.1, -0.05) is 18.2 Å². The van der Waals surface area contributed by atoms with Crippen LogP contribution in [-0.2, 0) is 21.2 Å². The molecule has 28 heavy (non-hydrogen) atoms. The maximum Gasteiger partial charge on any atom is 0.243 e. The summed E-state index contributed by atoms with van der Waals surface area (Å²) < 4.78 is 43.7. The Morgan fingerprint density at radius 3 is 2.50 bits per heavy atom. The topological polar surface area (TPSA) is 75.7 Å². The van der Waals surface area contributed by atoms with Crippen molar-refractivity contribution in [2.24, 2.45) is 0 Å². The molecule has 0 saturated carbocycles.